The molecule has 7 heteroatoms. The van der Waals surface area contributed by atoms with E-state index in [0.717, 1.165) is 5.56 Å². The smallest absolute Gasteiger partial charge is 0.331 e. The number of carbonyl (C=O) groups excluding carboxylic acids is 2. The summed E-state index contributed by atoms with van der Waals surface area (Å²) in [6, 6.07) is 11.9. The average molecular weight is 390 g/mol. The number of carbonyl (C=O) groups is 2. The van der Waals surface area contributed by atoms with E-state index in [1.54, 1.807) is 48.5 Å². The SMILES string of the molecule is COc1ccc(NC(=O)C(C)OC(=O)/C=C/c2cccc(Cl)c2)cc1OC. The molecule has 1 N–H and O–H groups in total. The summed E-state index contributed by atoms with van der Waals surface area (Å²) in [4.78, 5) is 24.1. The molecule has 0 aliphatic rings. The van der Waals surface area contributed by atoms with Crippen LogP contribution in [0.25, 0.3) is 6.08 Å². The van der Waals surface area contributed by atoms with Crippen LogP contribution in [0, 0.1) is 0 Å². The molecule has 0 aliphatic carbocycles. The standard InChI is InChI=1S/C20H20ClNO5/c1-13(27-19(23)10-7-14-5-4-6-15(21)11-14)20(24)22-16-8-9-17(25-2)18(12-16)26-3/h4-13H,1-3H3,(H,22,24)/b10-7+. The van der Waals surface area contributed by atoms with E-state index < -0.39 is 18.0 Å². The third kappa shape index (κ3) is 6.04. The van der Waals surface area contributed by atoms with Crippen LogP contribution in [0.4, 0.5) is 5.69 Å². The Labute approximate surface area is 162 Å². The minimum Gasteiger partial charge on any atom is -0.493 e. The molecule has 1 amide bonds. The molecule has 0 saturated carbocycles. The molecule has 0 saturated heterocycles. The molecule has 2 aromatic carbocycles. The van der Waals surface area contributed by atoms with Crippen LogP contribution in [0.3, 0.4) is 0 Å². The first-order chi connectivity index (χ1) is 12.9. The van der Waals surface area contributed by atoms with Crippen molar-refractivity contribution in [1.29, 1.82) is 0 Å². The Morgan fingerprint density at radius 2 is 1.81 bits per heavy atom. The van der Waals surface area contributed by atoms with E-state index in [-0.39, 0.29) is 0 Å². The van der Waals surface area contributed by atoms with Crippen LogP contribution < -0.4 is 14.8 Å². The van der Waals surface area contributed by atoms with Crippen LogP contribution >= 0.6 is 11.6 Å². The molecule has 0 radical (unpaired) electrons. The first-order valence-corrected chi connectivity index (χ1v) is 8.48. The van der Waals surface area contributed by atoms with Gasteiger partial charge in [-0.1, -0.05) is 23.7 Å². The lowest BCUT2D eigenvalue weighted by Gasteiger charge is -2.14. The first kappa shape index (κ1) is 20.3. The zero-order valence-electron chi connectivity index (χ0n) is 15.2. The largest absolute Gasteiger partial charge is 0.493 e. The fourth-order valence-corrected chi connectivity index (χ4v) is 2.40. The van der Waals surface area contributed by atoms with E-state index in [1.807, 2.05) is 0 Å². The summed E-state index contributed by atoms with van der Waals surface area (Å²) in [7, 11) is 3.02. The van der Waals surface area contributed by atoms with Gasteiger partial charge in [0, 0.05) is 22.9 Å². The highest BCUT2D eigenvalue weighted by molar-refractivity contribution is 6.30. The van der Waals surface area contributed by atoms with Crippen molar-refractivity contribution in [2.45, 2.75) is 13.0 Å². The topological polar surface area (TPSA) is 73.9 Å². The van der Waals surface area contributed by atoms with E-state index in [0.29, 0.717) is 22.2 Å². The van der Waals surface area contributed by atoms with Crippen molar-refractivity contribution in [2.24, 2.45) is 0 Å². The van der Waals surface area contributed by atoms with Crippen molar-refractivity contribution < 1.29 is 23.8 Å². The molecule has 0 aromatic heterocycles. The zero-order chi connectivity index (χ0) is 19.8. The van der Waals surface area contributed by atoms with Crippen molar-refractivity contribution >= 4 is 35.2 Å². The molecule has 0 heterocycles. The Hall–Kier alpha value is -2.99. The molecule has 2 aromatic rings. The van der Waals surface area contributed by atoms with Gasteiger partial charge in [0.25, 0.3) is 5.91 Å². The molecule has 0 bridgehead atoms. The third-order valence-electron chi connectivity index (χ3n) is 3.57. The molecule has 0 spiro atoms. The lowest BCUT2D eigenvalue weighted by molar-refractivity contribution is -0.148. The molecular weight excluding hydrogens is 370 g/mol. The monoisotopic (exact) mass is 389 g/mol. The second-order valence-electron chi connectivity index (χ2n) is 5.53. The van der Waals surface area contributed by atoms with Crippen LogP contribution in [-0.4, -0.2) is 32.2 Å². The fourth-order valence-electron chi connectivity index (χ4n) is 2.20. The summed E-state index contributed by atoms with van der Waals surface area (Å²) >= 11 is 5.88. The van der Waals surface area contributed by atoms with Gasteiger partial charge < -0.3 is 19.5 Å². The second kappa shape index (κ2) is 9.64. The number of hydrogen-bond donors (Lipinski definition) is 1. The van der Waals surface area contributed by atoms with Crippen molar-refractivity contribution in [3.8, 4) is 11.5 Å². The predicted octanol–water partition coefficient (Wildman–Crippen LogP) is 3.94. The number of amides is 1. The van der Waals surface area contributed by atoms with Gasteiger partial charge in [-0.25, -0.2) is 4.79 Å². The van der Waals surface area contributed by atoms with Gasteiger partial charge >= 0.3 is 5.97 Å². The number of ether oxygens (including phenoxy) is 3. The summed E-state index contributed by atoms with van der Waals surface area (Å²) in [6.45, 7) is 1.49. The quantitative estimate of drug-likeness (QED) is 0.573. The summed E-state index contributed by atoms with van der Waals surface area (Å²) < 4.78 is 15.4. The highest BCUT2D eigenvalue weighted by atomic mass is 35.5. The van der Waals surface area contributed by atoms with Gasteiger partial charge in [0.05, 0.1) is 14.2 Å². The molecular formula is C20H20ClNO5. The Morgan fingerprint density at radius 3 is 2.48 bits per heavy atom. The molecule has 0 aliphatic heterocycles. The van der Waals surface area contributed by atoms with Crippen LogP contribution in [0.15, 0.2) is 48.5 Å². The number of halogens is 1. The van der Waals surface area contributed by atoms with Crippen molar-refractivity contribution in [1.82, 2.24) is 0 Å². The number of methoxy groups -OCH3 is 2. The predicted molar refractivity (Wildman–Crippen MR) is 104 cm³/mol. The van der Waals surface area contributed by atoms with Crippen LogP contribution in [0.5, 0.6) is 11.5 Å². The lowest BCUT2D eigenvalue weighted by atomic mass is 10.2. The minimum atomic E-state index is -0.977. The number of anilines is 1. The van der Waals surface area contributed by atoms with Gasteiger partial charge in [-0.2, -0.15) is 0 Å². The van der Waals surface area contributed by atoms with E-state index in [9.17, 15) is 9.59 Å². The summed E-state index contributed by atoms with van der Waals surface area (Å²) in [5, 5.41) is 3.22. The number of benzene rings is 2. The first-order valence-electron chi connectivity index (χ1n) is 8.10. The van der Waals surface area contributed by atoms with Crippen molar-refractivity contribution in [3.63, 3.8) is 0 Å². The van der Waals surface area contributed by atoms with E-state index in [4.69, 9.17) is 25.8 Å². The third-order valence-corrected chi connectivity index (χ3v) is 3.81. The van der Waals surface area contributed by atoms with Gasteiger partial charge in [-0.05, 0) is 42.8 Å². The summed E-state index contributed by atoms with van der Waals surface area (Å²) in [5.74, 6) is -0.0813. The fraction of sp³-hybridized carbons (Fsp3) is 0.200. The van der Waals surface area contributed by atoms with E-state index in [1.165, 1.54) is 27.2 Å². The highest BCUT2D eigenvalue weighted by Crippen LogP contribution is 2.29. The minimum absolute atomic E-state index is 0.466. The maximum atomic E-state index is 12.2. The van der Waals surface area contributed by atoms with Crippen LogP contribution in [0.1, 0.15) is 12.5 Å². The van der Waals surface area contributed by atoms with E-state index >= 15 is 0 Å². The Kier molecular flexibility index (Phi) is 7.25. The average Bonchev–Trinajstić information content (AvgIpc) is 2.66. The molecule has 1 atom stereocenters. The molecule has 6 nitrogen and oxygen atoms in total. The zero-order valence-corrected chi connectivity index (χ0v) is 15.9. The summed E-state index contributed by atoms with van der Waals surface area (Å²) in [5.41, 5.74) is 1.25. The lowest BCUT2D eigenvalue weighted by Crippen LogP contribution is -2.29. The van der Waals surface area contributed by atoms with Crippen molar-refractivity contribution in [2.75, 3.05) is 19.5 Å². The van der Waals surface area contributed by atoms with Gasteiger partial charge in [-0.15, -0.1) is 0 Å². The molecule has 27 heavy (non-hydrogen) atoms. The van der Waals surface area contributed by atoms with Gasteiger partial charge in [0.2, 0.25) is 0 Å². The summed E-state index contributed by atoms with van der Waals surface area (Å²) in [6.07, 6.45) is 1.83. The maximum Gasteiger partial charge on any atom is 0.331 e. The number of hydrogen-bond acceptors (Lipinski definition) is 5. The number of nitrogens with one attached hydrogen (secondary N) is 1. The van der Waals surface area contributed by atoms with Gasteiger partial charge in [0.1, 0.15) is 0 Å². The molecule has 0 fully saturated rings. The Balaban J connectivity index is 1.94. The normalized spacial score (nSPS) is 11.7. The van der Waals surface area contributed by atoms with E-state index in [2.05, 4.69) is 5.32 Å². The van der Waals surface area contributed by atoms with Gasteiger partial charge in [-0.3, -0.25) is 4.79 Å². The van der Waals surface area contributed by atoms with Gasteiger partial charge in [0.15, 0.2) is 17.6 Å². The van der Waals surface area contributed by atoms with Crippen molar-refractivity contribution in [3.05, 3.63) is 59.1 Å². The molecule has 142 valence electrons. The molecule has 1 unspecified atom stereocenters. The van der Waals surface area contributed by atoms with Crippen LogP contribution in [0.2, 0.25) is 5.02 Å². The second-order valence-corrected chi connectivity index (χ2v) is 5.96. The number of esters is 1. The van der Waals surface area contributed by atoms with Crippen LogP contribution in [-0.2, 0) is 14.3 Å². The Morgan fingerprint density at radius 1 is 1.07 bits per heavy atom. The Bertz CT molecular complexity index is 850. The highest BCUT2D eigenvalue weighted by Gasteiger charge is 2.17. The maximum absolute atomic E-state index is 12.2. The number of rotatable bonds is 7. The molecule has 2 rings (SSSR count).